The number of alkyl halides is 3. The second-order valence-corrected chi connectivity index (χ2v) is 11.1. The largest absolute Gasteiger partial charge is 0.573 e. The summed E-state index contributed by atoms with van der Waals surface area (Å²) in [5, 5.41) is 3.29. The number of carbonyl (C=O) groups excluding carboxylic acids is 1. The molecule has 2 fully saturated rings. The highest BCUT2D eigenvalue weighted by Gasteiger charge is 2.31. The van der Waals surface area contributed by atoms with Gasteiger partial charge in [0.25, 0.3) is 5.91 Å². The maximum atomic E-state index is 12.6. The van der Waals surface area contributed by atoms with Crippen LogP contribution in [-0.4, -0.2) is 85.5 Å². The summed E-state index contributed by atoms with van der Waals surface area (Å²) in [6.45, 7) is 6.66. The predicted octanol–water partition coefficient (Wildman–Crippen LogP) is 5.23. The highest BCUT2D eigenvalue weighted by molar-refractivity contribution is 6.33. The molecule has 43 heavy (non-hydrogen) atoms. The molecular weight excluding hydrogens is 583 g/mol. The SMILES string of the molecule is O=C(NCCOc1ccccc1)c1cnc(N2CCN(C3CCN(Cc4ccc(OC(F)(F)F)cc4)CC3)CC2)c(Cl)c1. The van der Waals surface area contributed by atoms with Crippen molar-refractivity contribution in [2.45, 2.75) is 31.8 Å². The summed E-state index contributed by atoms with van der Waals surface area (Å²) < 4.78 is 46.7. The molecule has 0 atom stereocenters. The minimum absolute atomic E-state index is 0.201. The van der Waals surface area contributed by atoms with Gasteiger partial charge in [-0.25, -0.2) is 4.98 Å². The maximum absolute atomic E-state index is 12.6. The Hall–Kier alpha value is -3.54. The molecule has 8 nitrogen and oxygen atoms in total. The zero-order valence-electron chi connectivity index (χ0n) is 23.7. The predicted molar refractivity (Wildman–Crippen MR) is 159 cm³/mol. The molecule has 5 rings (SSSR count). The van der Waals surface area contributed by atoms with Crippen molar-refractivity contribution in [1.29, 1.82) is 0 Å². The average Bonchev–Trinajstić information content (AvgIpc) is 3.00. The Labute approximate surface area is 254 Å². The number of carbonyl (C=O) groups is 1. The van der Waals surface area contributed by atoms with Crippen molar-refractivity contribution in [3.63, 3.8) is 0 Å². The Balaban J connectivity index is 1.03. The van der Waals surface area contributed by atoms with Crippen LogP contribution < -0.4 is 19.7 Å². The fourth-order valence-electron chi connectivity index (χ4n) is 5.54. The van der Waals surface area contributed by atoms with Gasteiger partial charge in [0, 0.05) is 45.0 Å². The van der Waals surface area contributed by atoms with E-state index in [2.05, 4.69) is 29.7 Å². The van der Waals surface area contributed by atoms with Gasteiger partial charge in [-0.3, -0.25) is 14.6 Å². The van der Waals surface area contributed by atoms with Gasteiger partial charge in [-0.15, -0.1) is 13.2 Å². The summed E-state index contributed by atoms with van der Waals surface area (Å²) in [4.78, 5) is 24.1. The van der Waals surface area contributed by atoms with E-state index in [-0.39, 0.29) is 11.7 Å². The minimum Gasteiger partial charge on any atom is -0.492 e. The van der Waals surface area contributed by atoms with Crippen LogP contribution in [0.15, 0.2) is 66.9 Å². The van der Waals surface area contributed by atoms with Crippen LogP contribution in [0.1, 0.15) is 28.8 Å². The number of aromatic nitrogens is 1. The van der Waals surface area contributed by atoms with Gasteiger partial charge in [0.05, 0.1) is 17.1 Å². The molecule has 0 unspecified atom stereocenters. The molecule has 0 bridgehead atoms. The highest BCUT2D eigenvalue weighted by Crippen LogP contribution is 2.28. The quantitative estimate of drug-likeness (QED) is 0.313. The zero-order chi connectivity index (χ0) is 30.2. The smallest absolute Gasteiger partial charge is 0.492 e. The standard InChI is InChI=1S/C31H35ClF3N5O3/c32-28-20-24(30(41)36-12-19-42-26-4-2-1-3-5-26)21-37-29(28)40-17-15-39(16-18-40)25-10-13-38(14-11-25)22-23-6-8-27(9-7-23)43-31(33,34)35/h1-9,20-21,25H,10-19,22H2,(H,36,41). The topological polar surface area (TPSA) is 70.2 Å². The maximum Gasteiger partial charge on any atom is 0.573 e. The van der Waals surface area contributed by atoms with Crippen molar-refractivity contribution in [2.75, 3.05) is 57.3 Å². The number of rotatable bonds is 10. The van der Waals surface area contributed by atoms with Gasteiger partial charge in [-0.2, -0.15) is 0 Å². The van der Waals surface area contributed by atoms with E-state index in [0.29, 0.717) is 42.1 Å². The molecule has 1 N–H and O–H groups in total. The molecule has 230 valence electrons. The lowest BCUT2D eigenvalue weighted by Crippen LogP contribution is -2.53. The molecule has 3 heterocycles. The van der Waals surface area contributed by atoms with Gasteiger partial charge in [0.2, 0.25) is 0 Å². The number of piperazine rings is 1. The number of nitrogens with zero attached hydrogens (tertiary/aromatic N) is 4. The number of halogens is 4. The van der Waals surface area contributed by atoms with Gasteiger partial charge in [0.15, 0.2) is 0 Å². The molecule has 0 spiro atoms. The van der Waals surface area contributed by atoms with Gasteiger partial charge in [-0.05, 0) is 61.8 Å². The van der Waals surface area contributed by atoms with Gasteiger partial charge in [-0.1, -0.05) is 41.9 Å². The van der Waals surface area contributed by atoms with Crippen molar-refractivity contribution in [1.82, 2.24) is 20.1 Å². The monoisotopic (exact) mass is 617 g/mol. The van der Waals surface area contributed by atoms with Crippen LogP contribution in [0, 0.1) is 0 Å². The third-order valence-electron chi connectivity index (χ3n) is 7.73. The molecule has 3 aromatic rings. The lowest BCUT2D eigenvalue weighted by atomic mass is 10.0. The average molecular weight is 618 g/mol. The van der Waals surface area contributed by atoms with Crippen molar-refractivity contribution < 1.29 is 27.4 Å². The van der Waals surface area contributed by atoms with E-state index in [0.717, 1.165) is 63.4 Å². The van der Waals surface area contributed by atoms with Gasteiger partial charge < -0.3 is 19.7 Å². The van der Waals surface area contributed by atoms with Crippen LogP contribution in [0.2, 0.25) is 5.02 Å². The number of benzene rings is 2. The Morgan fingerprint density at radius 2 is 1.65 bits per heavy atom. The number of piperidine rings is 1. The van der Waals surface area contributed by atoms with E-state index < -0.39 is 6.36 Å². The molecule has 0 radical (unpaired) electrons. The van der Waals surface area contributed by atoms with Crippen LogP contribution in [0.4, 0.5) is 19.0 Å². The molecule has 2 aliphatic rings. The van der Waals surface area contributed by atoms with Crippen LogP contribution in [0.25, 0.3) is 0 Å². The normalized spacial score (nSPS) is 17.1. The first kappa shape index (κ1) is 30.9. The van der Waals surface area contributed by atoms with E-state index in [1.165, 1.54) is 12.1 Å². The summed E-state index contributed by atoms with van der Waals surface area (Å²) in [5.41, 5.74) is 1.37. The van der Waals surface area contributed by atoms with E-state index in [1.807, 2.05) is 30.3 Å². The molecule has 2 saturated heterocycles. The molecule has 1 aromatic heterocycles. The first-order valence-electron chi connectivity index (χ1n) is 14.4. The molecule has 2 aromatic carbocycles. The summed E-state index contributed by atoms with van der Waals surface area (Å²) in [6, 6.07) is 17.7. The van der Waals surface area contributed by atoms with Crippen LogP contribution in [-0.2, 0) is 6.54 Å². The first-order chi connectivity index (χ1) is 20.7. The van der Waals surface area contributed by atoms with E-state index in [1.54, 1.807) is 24.4 Å². The molecule has 1 amide bonds. The fraction of sp³-hybridized carbons (Fsp3) is 0.419. The third kappa shape index (κ3) is 8.98. The Morgan fingerprint density at radius 1 is 0.953 bits per heavy atom. The summed E-state index contributed by atoms with van der Waals surface area (Å²) in [7, 11) is 0. The van der Waals surface area contributed by atoms with E-state index >= 15 is 0 Å². The second kappa shape index (κ2) is 14.3. The first-order valence-corrected chi connectivity index (χ1v) is 14.8. The minimum atomic E-state index is -4.68. The summed E-state index contributed by atoms with van der Waals surface area (Å²) >= 11 is 6.57. The molecule has 0 saturated carbocycles. The van der Waals surface area contributed by atoms with Crippen molar-refractivity contribution >= 4 is 23.3 Å². The number of para-hydroxylation sites is 1. The molecule has 12 heteroatoms. The van der Waals surface area contributed by atoms with Crippen LogP contribution in [0.3, 0.4) is 0 Å². The molecule has 2 aliphatic heterocycles. The Kier molecular flexibility index (Phi) is 10.3. The number of ether oxygens (including phenoxy) is 2. The number of hydrogen-bond donors (Lipinski definition) is 1. The van der Waals surface area contributed by atoms with Crippen molar-refractivity contribution in [2.24, 2.45) is 0 Å². The molecular formula is C31H35ClF3N5O3. The number of nitrogens with one attached hydrogen (secondary N) is 1. The number of pyridine rings is 1. The number of likely N-dealkylation sites (tertiary alicyclic amines) is 1. The van der Waals surface area contributed by atoms with Gasteiger partial charge >= 0.3 is 6.36 Å². The number of hydrogen-bond acceptors (Lipinski definition) is 7. The molecule has 0 aliphatic carbocycles. The van der Waals surface area contributed by atoms with E-state index in [9.17, 15) is 18.0 Å². The third-order valence-corrected chi connectivity index (χ3v) is 8.01. The Morgan fingerprint density at radius 3 is 2.30 bits per heavy atom. The summed E-state index contributed by atoms with van der Waals surface area (Å²) in [6.07, 6.45) is -1.05. The van der Waals surface area contributed by atoms with E-state index in [4.69, 9.17) is 16.3 Å². The van der Waals surface area contributed by atoms with Crippen LogP contribution in [0.5, 0.6) is 11.5 Å². The van der Waals surface area contributed by atoms with Crippen LogP contribution >= 0.6 is 11.6 Å². The lowest BCUT2D eigenvalue weighted by Gasteiger charge is -2.43. The summed E-state index contributed by atoms with van der Waals surface area (Å²) in [5.74, 6) is 0.989. The Bertz CT molecular complexity index is 1330. The zero-order valence-corrected chi connectivity index (χ0v) is 24.5. The van der Waals surface area contributed by atoms with Crippen molar-refractivity contribution in [3.8, 4) is 11.5 Å². The number of amides is 1. The van der Waals surface area contributed by atoms with Gasteiger partial charge in [0.1, 0.15) is 23.9 Å². The second-order valence-electron chi connectivity index (χ2n) is 10.7. The number of anilines is 1. The van der Waals surface area contributed by atoms with Crippen molar-refractivity contribution in [3.05, 3.63) is 83.0 Å². The fourth-order valence-corrected chi connectivity index (χ4v) is 5.82. The highest BCUT2D eigenvalue weighted by atomic mass is 35.5. The lowest BCUT2D eigenvalue weighted by molar-refractivity contribution is -0.274.